The predicted molar refractivity (Wildman–Crippen MR) is 97.6 cm³/mol. The summed E-state index contributed by atoms with van der Waals surface area (Å²) < 4.78 is 2.16. The first-order valence-corrected chi connectivity index (χ1v) is 9.09. The zero-order valence-electron chi connectivity index (χ0n) is 15.2. The van der Waals surface area contributed by atoms with Gasteiger partial charge in [0.25, 0.3) is 0 Å². The number of fused-ring (bicyclic) bond motifs is 1. The monoisotopic (exact) mass is 338 g/mol. The predicted octanol–water partition coefficient (Wildman–Crippen LogP) is 2.45. The Morgan fingerprint density at radius 1 is 1.28 bits per heavy atom. The topological polar surface area (TPSA) is 50.2 Å². The Labute approximate surface area is 149 Å². The first-order valence-electron chi connectivity index (χ1n) is 9.09. The average Bonchev–Trinajstić information content (AvgIpc) is 3.17. The quantitative estimate of drug-likeness (QED) is 0.915. The van der Waals surface area contributed by atoms with E-state index in [0.29, 0.717) is 6.54 Å². The van der Waals surface area contributed by atoms with Gasteiger partial charge in [-0.05, 0) is 39.3 Å². The first-order chi connectivity index (χ1) is 11.9. The molecule has 0 spiro atoms. The molecule has 1 N–H and O–H groups in total. The molecular weight excluding hydrogens is 312 g/mol. The fourth-order valence-corrected chi connectivity index (χ4v) is 4.02. The zero-order valence-corrected chi connectivity index (χ0v) is 15.2. The Balaban J connectivity index is 1.51. The van der Waals surface area contributed by atoms with E-state index in [0.717, 1.165) is 37.3 Å². The van der Waals surface area contributed by atoms with Crippen LogP contribution in [0.25, 0.3) is 5.69 Å². The molecule has 25 heavy (non-hydrogen) atoms. The number of aryl methyl sites for hydroxylation is 1. The summed E-state index contributed by atoms with van der Waals surface area (Å²) in [5.74, 6) is 0.365. The Hall–Kier alpha value is -2.14. The van der Waals surface area contributed by atoms with Crippen LogP contribution in [0.1, 0.15) is 37.2 Å². The molecule has 5 heteroatoms. The number of hydrogen-bond acceptors (Lipinski definition) is 3. The number of nitrogens with one attached hydrogen (secondary N) is 1. The van der Waals surface area contributed by atoms with Crippen LogP contribution in [-0.4, -0.2) is 39.0 Å². The Kier molecular flexibility index (Phi) is 3.91. The lowest BCUT2D eigenvalue weighted by atomic mass is 9.95. The molecule has 2 aliphatic heterocycles. The van der Waals surface area contributed by atoms with Crippen molar-refractivity contribution in [3.05, 3.63) is 47.5 Å². The molecule has 4 rings (SSSR count). The highest BCUT2D eigenvalue weighted by Gasteiger charge is 2.37. The van der Waals surface area contributed by atoms with E-state index in [-0.39, 0.29) is 17.4 Å². The molecular formula is C20H26N4O. The fraction of sp³-hybridized carbons (Fsp3) is 0.500. The van der Waals surface area contributed by atoms with Gasteiger partial charge in [0.05, 0.1) is 24.5 Å². The van der Waals surface area contributed by atoms with Crippen molar-refractivity contribution in [3.63, 3.8) is 0 Å². The summed E-state index contributed by atoms with van der Waals surface area (Å²) in [6, 6.07) is 8.49. The van der Waals surface area contributed by atoms with Gasteiger partial charge >= 0.3 is 0 Å². The second-order valence-electron chi connectivity index (χ2n) is 8.02. The lowest BCUT2D eigenvalue weighted by Gasteiger charge is -2.29. The minimum absolute atomic E-state index is 0.0638. The Bertz CT molecular complexity index is 791. The molecule has 0 aliphatic carbocycles. The van der Waals surface area contributed by atoms with E-state index in [9.17, 15) is 4.79 Å². The number of carbonyl (C=O) groups excluding carboxylic acids is 1. The van der Waals surface area contributed by atoms with Crippen LogP contribution in [0.5, 0.6) is 0 Å². The van der Waals surface area contributed by atoms with Crippen molar-refractivity contribution < 1.29 is 4.79 Å². The molecule has 2 aromatic rings. The van der Waals surface area contributed by atoms with Crippen LogP contribution in [0, 0.1) is 12.8 Å². The number of benzene rings is 1. The van der Waals surface area contributed by atoms with Gasteiger partial charge in [-0.3, -0.25) is 4.79 Å². The van der Waals surface area contributed by atoms with Crippen LogP contribution >= 0.6 is 0 Å². The summed E-state index contributed by atoms with van der Waals surface area (Å²) in [4.78, 5) is 19.4. The molecule has 1 amide bonds. The van der Waals surface area contributed by atoms with E-state index >= 15 is 0 Å². The number of aromatic nitrogens is 2. The van der Waals surface area contributed by atoms with E-state index < -0.39 is 0 Å². The standard InChI is InChI=1S/C20H26N4O/c1-14-4-6-16(7-5-14)24-13-21-17-12-23(9-8-18(17)24)19(25)15-10-20(2,3)22-11-15/h4-7,13,15,22H,8-12H2,1-3H3. The Morgan fingerprint density at radius 2 is 2.04 bits per heavy atom. The van der Waals surface area contributed by atoms with Crippen LogP contribution in [0.3, 0.4) is 0 Å². The minimum Gasteiger partial charge on any atom is -0.336 e. The van der Waals surface area contributed by atoms with Crippen molar-refractivity contribution >= 4 is 5.91 Å². The van der Waals surface area contributed by atoms with E-state index in [1.54, 1.807) is 0 Å². The molecule has 1 unspecified atom stereocenters. The minimum atomic E-state index is 0.0638. The Morgan fingerprint density at radius 3 is 2.72 bits per heavy atom. The van der Waals surface area contributed by atoms with Crippen molar-refractivity contribution in [2.75, 3.05) is 13.1 Å². The molecule has 1 aromatic carbocycles. The van der Waals surface area contributed by atoms with Gasteiger partial charge in [0.15, 0.2) is 0 Å². The molecule has 1 atom stereocenters. The third-order valence-corrected chi connectivity index (χ3v) is 5.47. The van der Waals surface area contributed by atoms with Crippen molar-refractivity contribution in [2.45, 2.75) is 45.7 Å². The smallest absolute Gasteiger partial charge is 0.227 e. The second-order valence-corrected chi connectivity index (χ2v) is 8.02. The molecule has 1 saturated heterocycles. The number of rotatable bonds is 2. The van der Waals surface area contributed by atoms with E-state index in [1.807, 2.05) is 11.2 Å². The average molecular weight is 338 g/mol. The summed E-state index contributed by atoms with van der Waals surface area (Å²) in [6.45, 7) is 8.61. The highest BCUT2D eigenvalue weighted by Crippen LogP contribution is 2.28. The van der Waals surface area contributed by atoms with E-state index in [2.05, 4.69) is 59.9 Å². The number of carbonyl (C=O) groups is 1. The lowest BCUT2D eigenvalue weighted by molar-refractivity contribution is -0.136. The van der Waals surface area contributed by atoms with Gasteiger partial charge in [-0.1, -0.05) is 17.7 Å². The molecule has 3 heterocycles. The second kappa shape index (κ2) is 5.99. The van der Waals surface area contributed by atoms with Crippen molar-refractivity contribution in [3.8, 4) is 5.69 Å². The molecule has 0 radical (unpaired) electrons. The largest absolute Gasteiger partial charge is 0.336 e. The maximum Gasteiger partial charge on any atom is 0.227 e. The summed E-state index contributed by atoms with van der Waals surface area (Å²) in [5.41, 5.74) is 4.72. The number of amides is 1. The molecule has 0 bridgehead atoms. The van der Waals surface area contributed by atoms with Gasteiger partial charge in [0.2, 0.25) is 5.91 Å². The highest BCUT2D eigenvalue weighted by molar-refractivity contribution is 5.80. The SMILES string of the molecule is Cc1ccc(-n2cnc3c2CCN(C(=O)C2CNC(C)(C)C2)C3)cc1. The molecule has 1 fully saturated rings. The summed E-state index contributed by atoms with van der Waals surface area (Å²) in [7, 11) is 0. The summed E-state index contributed by atoms with van der Waals surface area (Å²) in [6.07, 6.45) is 3.66. The van der Waals surface area contributed by atoms with Gasteiger partial charge in [0, 0.05) is 36.4 Å². The van der Waals surface area contributed by atoms with Crippen LogP contribution in [0.4, 0.5) is 0 Å². The van der Waals surface area contributed by atoms with Gasteiger partial charge in [-0.2, -0.15) is 0 Å². The summed E-state index contributed by atoms with van der Waals surface area (Å²) in [5, 5.41) is 3.45. The van der Waals surface area contributed by atoms with Gasteiger partial charge in [-0.15, -0.1) is 0 Å². The maximum absolute atomic E-state index is 12.9. The number of hydrogen-bond donors (Lipinski definition) is 1. The van der Waals surface area contributed by atoms with Crippen molar-refractivity contribution in [1.82, 2.24) is 19.8 Å². The van der Waals surface area contributed by atoms with Gasteiger partial charge in [-0.25, -0.2) is 4.98 Å². The maximum atomic E-state index is 12.9. The van der Waals surface area contributed by atoms with Crippen LogP contribution < -0.4 is 5.32 Å². The number of imidazole rings is 1. The fourth-order valence-electron chi connectivity index (χ4n) is 4.02. The van der Waals surface area contributed by atoms with Gasteiger partial charge in [0.1, 0.15) is 0 Å². The molecule has 2 aliphatic rings. The highest BCUT2D eigenvalue weighted by atomic mass is 16.2. The van der Waals surface area contributed by atoms with E-state index in [4.69, 9.17) is 0 Å². The van der Waals surface area contributed by atoms with Gasteiger partial charge < -0.3 is 14.8 Å². The summed E-state index contributed by atoms with van der Waals surface area (Å²) >= 11 is 0. The van der Waals surface area contributed by atoms with Crippen molar-refractivity contribution in [1.29, 1.82) is 0 Å². The zero-order chi connectivity index (χ0) is 17.6. The number of nitrogens with zero attached hydrogens (tertiary/aromatic N) is 3. The van der Waals surface area contributed by atoms with E-state index in [1.165, 1.54) is 11.3 Å². The molecule has 5 nitrogen and oxygen atoms in total. The molecule has 1 aromatic heterocycles. The van der Waals surface area contributed by atoms with Crippen LogP contribution in [0.2, 0.25) is 0 Å². The lowest BCUT2D eigenvalue weighted by Crippen LogP contribution is -2.40. The molecule has 0 saturated carbocycles. The first kappa shape index (κ1) is 16.3. The van der Waals surface area contributed by atoms with Crippen LogP contribution in [-0.2, 0) is 17.8 Å². The third kappa shape index (κ3) is 3.09. The normalized spacial score (nSPS) is 22.0. The molecule has 132 valence electrons. The van der Waals surface area contributed by atoms with Crippen LogP contribution in [0.15, 0.2) is 30.6 Å². The van der Waals surface area contributed by atoms with Crippen molar-refractivity contribution in [2.24, 2.45) is 5.92 Å². The third-order valence-electron chi connectivity index (χ3n) is 5.47.